The van der Waals surface area contributed by atoms with Gasteiger partial charge in [-0.15, -0.1) is 0 Å². The van der Waals surface area contributed by atoms with Crippen LogP contribution in [0.1, 0.15) is 43.0 Å². The number of sulfonamides is 2. The van der Waals surface area contributed by atoms with Gasteiger partial charge in [0.05, 0.1) is 30.3 Å². The van der Waals surface area contributed by atoms with Crippen molar-refractivity contribution in [1.29, 1.82) is 5.41 Å². The third-order valence-corrected chi connectivity index (χ3v) is 7.98. The normalized spacial score (nSPS) is 12.4. The number of hydrogen-bond donors (Lipinski definition) is 5. The van der Waals surface area contributed by atoms with Crippen LogP contribution in [-0.4, -0.2) is 47.8 Å². The van der Waals surface area contributed by atoms with Crippen molar-refractivity contribution in [2.24, 2.45) is 5.73 Å². The van der Waals surface area contributed by atoms with Crippen molar-refractivity contribution < 1.29 is 26.3 Å². The van der Waals surface area contributed by atoms with Crippen LogP contribution < -0.4 is 30.0 Å². The van der Waals surface area contributed by atoms with Crippen LogP contribution in [0.4, 0.5) is 11.4 Å². The Balaban J connectivity index is 2.09. The van der Waals surface area contributed by atoms with Gasteiger partial charge in [0.1, 0.15) is 12.4 Å². The maximum absolute atomic E-state index is 12.6. The summed E-state index contributed by atoms with van der Waals surface area (Å²) in [5.41, 5.74) is 8.24. The molecule has 3 aromatic rings. The van der Waals surface area contributed by atoms with Gasteiger partial charge in [0.25, 0.3) is 0 Å². The van der Waals surface area contributed by atoms with E-state index in [1.165, 1.54) is 0 Å². The number of nitrogens with two attached hydrogens (primary N) is 1. The summed E-state index contributed by atoms with van der Waals surface area (Å²) in [7, 11) is -7.32. The van der Waals surface area contributed by atoms with Gasteiger partial charge in [-0.25, -0.2) is 21.6 Å². The first-order valence-corrected chi connectivity index (χ1v) is 16.6. The number of nitrogens with one attached hydrogen (secondary N) is 4. The average Bonchev–Trinajstić information content (AvgIpc) is 2.91. The second-order valence-electron chi connectivity index (χ2n) is 9.32. The molecule has 41 heavy (non-hydrogen) atoms. The summed E-state index contributed by atoms with van der Waals surface area (Å²) in [6, 6.07) is 18.7. The Morgan fingerprint density at radius 2 is 1.61 bits per heavy atom. The highest BCUT2D eigenvalue weighted by molar-refractivity contribution is 7.92. The fraction of sp³-hybridized carbons (Fsp3) is 0.321. The lowest BCUT2D eigenvalue weighted by molar-refractivity contribution is 0.269. The van der Waals surface area contributed by atoms with Crippen molar-refractivity contribution in [3.63, 3.8) is 0 Å². The van der Waals surface area contributed by atoms with Crippen LogP contribution >= 0.6 is 0 Å². The molecular weight excluding hydrogens is 566 g/mol. The van der Waals surface area contributed by atoms with E-state index in [4.69, 9.17) is 20.6 Å². The molecule has 3 rings (SSSR count). The Kier molecular flexibility index (Phi) is 11.0. The first kappa shape index (κ1) is 31.7. The van der Waals surface area contributed by atoms with E-state index in [1.54, 1.807) is 43.3 Å². The van der Waals surface area contributed by atoms with E-state index in [1.807, 2.05) is 37.3 Å². The van der Waals surface area contributed by atoms with Crippen molar-refractivity contribution in [2.75, 3.05) is 35.2 Å². The van der Waals surface area contributed by atoms with E-state index in [0.29, 0.717) is 41.3 Å². The van der Waals surface area contributed by atoms with Crippen LogP contribution in [0.15, 0.2) is 66.7 Å². The summed E-state index contributed by atoms with van der Waals surface area (Å²) >= 11 is 0. The van der Waals surface area contributed by atoms with E-state index in [0.717, 1.165) is 11.8 Å². The summed E-state index contributed by atoms with van der Waals surface area (Å²) in [6.45, 7) is 4.02. The highest BCUT2D eigenvalue weighted by Crippen LogP contribution is 2.38. The lowest BCUT2D eigenvalue weighted by Gasteiger charge is -2.25. The van der Waals surface area contributed by atoms with Crippen molar-refractivity contribution in [1.82, 2.24) is 4.72 Å². The molecule has 1 unspecified atom stereocenters. The van der Waals surface area contributed by atoms with Crippen LogP contribution in [0.5, 0.6) is 11.5 Å². The van der Waals surface area contributed by atoms with Gasteiger partial charge < -0.3 is 20.5 Å². The molecule has 3 aromatic carbocycles. The summed E-state index contributed by atoms with van der Waals surface area (Å²) < 4.78 is 67.0. The molecule has 1 atom stereocenters. The Labute approximate surface area is 242 Å². The Morgan fingerprint density at radius 3 is 2.20 bits per heavy atom. The number of ether oxygens (including phenoxy) is 2. The smallest absolute Gasteiger partial charge is 0.229 e. The summed E-state index contributed by atoms with van der Waals surface area (Å²) in [5.74, 6) is 0.541. The maximum Gasteiger partial charge on any atom is 0.229 e. The first-order chi connectivity index (χ1) is 19.4. The van der Waals surface area contributed by atoms with Crippen molar-refractivity contribution in [2.45, 2.75) is 32.9 Å². The molecule has 0 aliphatic heterocycles. The predicted molar refractivity (Wildman–Crippen MR) is 163 cm³/mol. The highest BCUT2D eigenvalue weighted by atomic mass is 32.2. The molecule has 0 saturated carbocycles. The number of hydrogen-bond acceptors (Lipinski definition) is 8. The average molecular weight is 604 g/mol. The number of anilines is 2. The molecule has 0 aromatic heterocycles. The minimum absolute atomic E-state index is 0.0576. The van der Waals surface area contributed by atoms with Gasteiger partial charge in [0.2, 0.25) is 20.0 Å². The lowest BCUT2D eigenvalue weighted by atomic mass is 10.0. The molecule has 0 aliphatic rings. The summed E-state index contributed by atoms with van der Waals surface area (Å²) in [4.78, 5) is 0. The molecule has 0 radical (unpaired) electrons. The molecule has 6 N–H and O–H groups in total. The minimum atomic E-state index is -3.73. The molecule has 0 saturated heterocycles. The van der Waals surface area contributed by atoms with Crippen LogP contribution in [-0.2, 0) is 26.7 Å². The van der Waals surface area contributed by atoms with Gasteiger partial charge in [-0.1, -0.05) is 37.3 Å². The number of amidine groups is 1. The molecule has 0 fully saturated rings. The van der Waals surface area contributed by atoms with E-state index >= 15 is 0 Å². The molecule has 0 aliphatic carbocycles. The monoisotopic (exact) mass is 603 g/mol. The Morgan fingerprint density at radius 1 is 0.951 bits per heavy atom. The first-order valence-electron chi connectivity index (χ1n) is 13.0. The van der Waals surface area contributed by atoms with Gasteiger partial charge in [-0.2, -0.15) is 0 Å². The molecule has 0 heterocycles. The zero-order valence-corrected chi connectivity index (χ0v) is 24.9. The topological polar surface area (TPSA) is 173 Å². The van der Waals surface area contributed by atoms with Gasteiger partial charge in [0.15, 0.2) is 11.5 Å². The van der Waals surface area contributed by atoms with Crippen LogP contribution in [0.25, 0.3) is 0 Å². The van der Waals surface area contributed by atoms with E-state index in [2.05, 4.69) is 14.8 Å². The van der Waals surface area contributed by atoms with Gasteiger partial charge in [-0.05, 0) is 49.2 Å². The van der Waals surface area contributed by atoms with Crippen LogP contribution in [0.2, 0.25) is 0 Å². The fourth-order valence-electron chi connectivity index (χ4n) is 4.01. The molecule has 11 nitrogen and oxygen atoms in total. The fourth-order valence-corrected chi connectivity index (χ4v) is 5.68. The molecule has 13 heteroatoms. The van der Waals surface area contributed by atoms with Crippen molar-refractivity contribution in [3.8, 4) is 11.5 Å². The Hall–Kier alpha value is -3.81. The summed E-state index contributed by atoms with van der Waals surface area (Å²) in [5, 5.41) is 10.9. The minimum Gasteiger partial charge on any atom is -0.490 e. The Bertz CT molecular complexity index is 1530. The van der Waals surface area contributed by atoms with E-state index < -0.39 is 26.1 Å². The highest BCUT2D eigenvalue weighted by Gasteiger charge is 2.24. The molecular formula is C28H37N5O6S2. The van der Waals surface area contributed by atoms with Crippen molar-refractivity contribution in [3.05, 3.63) is 83.4 Å². The van der Waals surface area contributed by atoms with Gasteiger partial charge >= 0.3 is 0 Å². The third kappa shape index (κ3) is 9.95. The molecule has 0 spiro atoms. The van der Waals surface area contributed by atoms with E-state index in [9.17, 15) is 16.8 Å². The van der Waals surface area contributed by atoms with Gasteiger partial charge in [0, 0.05) is 29.4 Å². The number of nitrogen functional groups attached to an aromatic ring is 1. The quantitative estimate of drug-likeness (QED) is 0.121. The predicted octanol–water partition coefficient (Wildman–Crippen LogP) is 3.80. The molecule has 0 bridgehead atoms. The number of benzene rings is 3. The van der Waals surface area contributed by atoms with Gasteiger partial charge in [-0.3, -0.25) is 10.1 Å². The molecule has 222 valence electrons. The summed E-state index contributed by atoms with van der Waals surface area (Å²) in [6.07, 6.45) is 1.47. The standard InChI is InChI=1S/C28H37N5O6S2/c1-4-15-41(36,37)31-18-25(32-22-13-11-21(12-14-22)28(29)30)23-16-26(38-5-2)27(17-24(23)33-40(3,34)35)39-19-20-9-7-6-8-10-20/h6-14,16-17,25,31-33H,4-5,15,18-19H2,1-3H3,(H3,29,30). The lowest BCUT2D eigenvalue weighted by Crippen LogP contribution is -2.33. The largest absolute Gasteiger partial charge is 0.490 e. The SMILES string of the molecule is CCCS(=O)(=O)NCC(Nc1ccc(C(=N)N)cc1)c1cc(OCC)c(OCc2ccccc2)cc1NS(C)(=O)=O. The van der Waals surface area contributed by atoms with E-state index in [-0.39, 0.29) is 30.4 Å². The number of rotatable bonds is 16. The second kappa shape index (κ2) is 14.2. The van der Waals surface area contributed by atoms with Crippen molar-refractivity contribution >= 4 is 37.3 Å². The molecule has 0 amide bonds. The third-order valence-electron chi connectivity index (χ3n) is 5.84. The second-order valence-corrected chi connectivity index (χ2v) is 13.0. The zero-order chi connectivity index (χ0) is 30.0. The maximum atomic E-state index is 12.6. The van der Waals surface area contributed by atoms with Crippen LogP contribution in [0, 0.1) is 5.41 Å². The zero-order valence-electron chi connectivity index (χ0n) is 23.3. The van der Waals surface area contributed by atoms with Crippen LogP contribution in [0.3, 0.4) is 0 Å².